The first-order valence-corrected chi connectivity index (χ1v) is 8.59. The van der Waals surface area contributed by atoms with Crippen molar-refractivity contribution in [2.75, 3.05) is 11.1 Å². The van der Waals surface area contributed by atoms with Gasteiger partial charge in [-0.25, -0.2) is 13.6 Å². The zero-order chi connectivity index (χ0) is 15.6. The first-order valence-electron chi connectivity index (χ1n) is 6.06. The second-order valence-electron chi connectivity index (χ2n) is 5.47. The van der Waals surface area contributed by atoms with E-state index in [0.717, 1.165) is 0 Å². The molecule has 0 radical (unpaired) electrons. The number of rotatable bonds is 4. The van der Waals surface area contributed by atoms with E-state index >= 15 is 0 Å². The SMILES string of the molecule is Cc1cc(S(N)(=O)=O)ccc1NC(=O)CSC(C)(C)C. The Bertz CT molecular complexity index is 605. The van der Waals surface area contributed by atoms with Crippen LogP contribution in [0.15, 0.2) is 23.1 Å². The van der Waals surface area contributed by atoms with E-state index in [1.807, 2.05) is 20.8 Å². The number of thioether (sulfide) groups is 1. The van der Waals surface area contributed by atoms with Gasteiger partial charge in [0, 0.05) is 10.4 Å². The van der Waals surface area contributed by atoms with E-state index in [-0.39, 0.29) is 15.5 Å². The Hall–Kier alpha value is -1.05. The van der Waals surface area contributed by atoms with Crippen molar-refractivity contribution in [2.45, 2.75) is 37.3 Å². The molecule has 5 nitrogen and oxygen atoms in total. The Labute approximate surface area is 124 Å². The molecule has 1 aromatic rings. The lowest BCUT2D eigenvalue weighted by molar-refractivity contribution is -0.113. The Balaban J connectivity index is 2.77. The number of hydrogen-bond donors (Lipinski definition) is 2. The van der Waals surface area contributed by atoms with Crippen LogP contribution < -0.4 is 10.5 Å². The zero-order valence-electron chi connectivity index (χ0n) is 12.1. The van der Waals surface area contributed by atoms with Crippen LogP contribution in [0.1, 0.15) is 26.3 Å². The van der Waals surface area contributed by atoms with Gasteiger partial charge in [-0.1, -0.05) is 20.8 Å². The van der Waals surface area contributed by atoms with Gasteiger partial charge in [-0.2, -0.15) is 0 Å². The number of nitrogens with one attached hydrogen (secondary N) is 1. The minimum Gasteiger partial charge on any atom is -0.325 e. The second kappa shape index (κ2) is 6.15. The molecule has 0 saturated heterocycles. The summed E-state index contributed by atoms with van der Waals surface area (Å²) in [4.78, 5) is 11.9. The molecule has 7 heteroatoms. The molecule has 0 unspecified atom stereocenters. The normalized spacial score (nSPS) is 12.2. The van der Waals surface area contributed by atoms with Crippen LogP contribution in [-0.4, -0.2) is 24.8 Å². The number of benzene rings is 1. The van der Waals surface area contributed by atoms with E-state index in [2.05, 4.69) is 5.32 Å². The number of primary sulfonamides is 1. The molecule has 0 aliphatic heterocycles. The Morgan fingerprint density at radius 2 is 1.95 bits per heavy atom. The maximum atomic E-state index is 11.8. The Kier molecular flexibility index (Phi) is 5.23. The van der Waals surface area contributed by atoms with Gasteiger partial charge >= 0.3 is 0 Å². The van der Waals surface area contributed by atoms with Crippen molar-refractivity contribution >= 4 is 33.4 Å². The summed E-state index contributed by atoms with van der Waals surface area (Å²) in [7, 11) is -3.72. The van der Waals surface area contributed by atoms with Crippen molar-refractivity contribution in [1.82, 2.24) is 0 Å². The maximum absolute atomic E-state index is 11.8. The molecule has 1 rings (SSSR count). The molecule has 3 N–H and O–H groups in total. The smallest absolute Gasteiger partial charge is 0.238 e. The topological polar surface area (TPSA) is 89.3 Å². The quantitative estimate of drug-likeness (QED) is 0.890. The maximum Gasteiger partial charge on any atom is 0.238 e. The summed E-state index contributed by atoms with van der Waals surface area (Å²) in [5, 5.41) is 7.82. The van der Waals surface area contributed by atoms with Crippen LogP contribution in [-0.2, 0) is 14.8 Å². The molecule has 1 aromatic carbocycles. The van der Waals surface area contributed by atoms with Gasteiger partial charge in [0.25, 0.3) is 0 Å². The van der Waals surface area contributed by atoms with Crippen molar-refractivity contribution in [1.29, 1.82) is 0 Å². The molecule has 0 aliphatic carbocycles. The number of amides is 1. The van der Waals surface area contributed by atoms with Crippen LogP contribution in [0.3, 0.4) is 0 Å². The summed E-state index contributed by atoms with van der Waals surface area (Å²) in [6, 6.07) is 4.38. The van der Waals surface area contributed by atoms with E-state index in [9.17, 15) is 13.2 Å². The van der Waals surface area contributed by atoms with Crippen molar-refractivity contribution in [3.63, 3.8) is 0 Å². The summed E-state index contributed by atoms with van der Waals surface area (Å²) in [6.45, 7) is 7.84. The average molecular weight is 316 g/mol. The van der Waals surface area contributed by atoms with Crippen LogP contribution in [0.4, 0.5) is 5.69 Å². The number of aryl methyl sites for hydroxylation is 1. The number of anilines is 1. The van der Waals surface area contributed by atoms with E-state index in [4.69, 9.17) is 5.14 Å². The molecule has 0 aliphatic rings. The highest BCUT2D eigenvalue weighted by Gasteiger charge is 2.15. The molecular formula is C13H20N2O3S2. The molecular weight excluding hydrogens is 296 g/mol. The summed E-state index contributed by atoms with van der Waals surface area (Å²) >= 11 is 1.55. The number of sulfonamides is 1. The molecule has 0 spiro atoms. The summed E-state index contributed by atoms with van der Waals surface area (Å²) in [6.07, 6.45) is 0. The summed E-state index contributed by atoms with van der Waals surface area (Å²) in [5.41, 5.74) is 1.25. The van der Waals surface area contributed by atoms with Crippen molar-refractivity contribution in [3.05, 3.63) is 23.8 Å². The lowest BCUT2D eigenvalue weighted by Crippen LogP contribution is -2.19. The van der Waals surface area contributed by atoms with Crippen LogP contribution in [0.2, 0.25) is 0 Å². The average Bonchev–Trinajstić information content (AvgIpc) is 2.27. The highest BCUT2D eigenvalue weighted by molar-refractivity contribution is 8.01. The van der Waals surface area contributed by atoms with Gasteiger partial charge in [-0.05, 0) is 30.7 Å². The van der Waals surface area contributed by atoms with Gasteiger partial charge in [-0.15, -0.1) is 11.8 Å². The van der Waals surface area contributed by atoms with Crippen LogP contribution in [0, 0.1) is 6.92 Å². The first-order chi connectivity index (χ1) is 8.99. The number of hydrogen-bond acceptors (Lipinski definition) is 4. The molecule has 0 heterocycles. The predicted octanol–water partition coefficient (Wildman–Crippen LogP) is 2.11. The predicted molar refractivity (Wildman–Crippen MR) is 83.4 cm³/mol. The van der Waals surface area contributed by atoms with Crippen LogP contribution >= 0.6 is 11.8 Å². The molecule has 112 valence electrons. The minimum absolute atomic E-state index is 0.0177. The highest BCUT2D eigenvalue weighted by Crippen LogP contribution is 2.24. The van der Waals surface area contributed by atoms with E-state index in [0.29, 0.717) is 17.0 Å². The fourth-order valence-electron chi connectivity index (χ4n) is 1.42. The highest BCUT2D eigenvalue weighted by atomic mass is 32.2. The van der Waals surface area contributed by atoms with Gasteiger partial charge in [0.05, 0.1) is 10.6 Å². The summed E-state index contributed by atoms with van der Waals surface area (Å²) in [5.74, 6) is 0.233. The van der Waals surface area contributed by atoms with Crippen molar-refractivity contribution in [3.8, 4) is 0 Å². The molecule has 0 saturated carbocycles. The first kappa shape index (κ1) is 17.0. The van der Waals surface area contributed by atoms with Gasteiger partial charge in [0.2, 0.25) is 15.9 Å². The van der Waals surface area contributed by atoms with Gasteiger partial charge < -0.3 is 5.32 Å². The van der Waals surface area contributed by atoms with Crippen molar-refractivity contribution in [2.24, 2.45) is 5.14 Å². The van der Waals surface area contributed by atoms with Gasteiger partial charge in [0.15, 0.2) is 0 Å². The monoisotopic (exact) mass is 316 g/mol. The fourth-order valence-corrected chi connectivity index (χ4v) is 2.66. The third-order valence-electron chi connectivity index (χ3n) is 2.44. The largest absolute Gasteiger partial charge is 0.325 e. The van der Waals surface area contributed by atoms with E-state index < -0.39 is 10.0 Å². The van der Waals surface area contributed by atoms with Gasteiger partial charge in [0.1, 0.15) is 0 Å². The lowest BCUT2D eigenvalue weighted by atomic mass is 10.2. The lowest BCUT2D eigenvalue weighted by Gasteiger charge is -2.17. The molecule has 0 atom stereocenters. The molecule has 0 fully saturated rings. The molecule has 20 heavy (non-hydrogen) atoms. The third-order valence-corrected chi connectivity index (χ3v) is 4.62. The Morgan fingerprint density at radius 3 is 2.40 bits per heavy atom. The zero-order valence-corrected chi connectivity index (χ0v) is 13.7. The standard InChI is InChI=1S/C13H20N2O3S2/c1-9-7-10(20(14,17)18)5-6-11(9)15-12(16)8-19-13(2,3)4/h5-7H,8H2,1-4H3,(H,15,16)(H2,14,17,18). The Morgan fingerprint density at radius 1 is 1.35 bits per heavy atom. The van der Waals surface area contributed by atoms with E-state index in [1.54, 1.807) is 24.8 Å². The summed E-state index contributed by atoms with van der Waals surface area (Å²) < 4.78 is 22.5. The van der Waals surface area contributed by atoms with E-state index in [1.165, 1.54) is 12.1 Å². The fraction of sp³-hybridized carbons (Fsp3) is 0.462. The number of carbonyl (C=O) groups excluding carboxylic acids is 1. The van der Waals surface area contributed by atoms with Gasteiger partial charge in [-0.3, -0.25) is 4.79 Å². The number of carbonyl (C=O) groups is 1. The minimum atomic E-state index is -3.72. The molecule has 1 amide bonds. The van der Waals surface area contributed by atoms with Crippen LogP contribution in [0.25, 0.3) is 0 Å². The number of nitrogens with two attached hydrogens (primary N) is 1. The second-order valence-corrected chi connectivity index (χ2v) is 8.83. The van der Waals surface area contributed by atoms with Crippen molar-refractivity contribution < 1.29 is 13.2 Å². The molecule has 0 aromatic heterocycles. The third kappa shape index (κ3) is 5.52. The molecule has 0 bridgehead atoms. The van der Waals surface area contributed by atoms with Crippen LogP contribution in [0.5, 0.6) is 0 Å².